The van der Waals surface area contributed by atoms with Crippen molar-refractivity contribution in [2.75, 3.05) is 0 Å². The minimum absolute atomic E-state index is 0.513. The third-order valence-corrected chi connectivity index (χ3v) is 2.58. The van der Waals surface area contributed by atoms with E-state index < -0.39 is 0 Å². The minimum atomic E-state index is 0.513. The lowest BCUT2D eigenvalue weighted by atomic mass is 10.0. The van der Waals surface area contributed by atoms with Crippen LogP contribution in [0, 0.1) is 5.92 Å². The SMILES string of the molecule is CCC/C=C1\N=CC(C(C)C)=CN1C=C(C)C. The van der Waals surface area contributed by atoms with E-state index in [-0.39, 0.29) is 0 Å². The van der Waals surface area contributed by atoms with Crippen LogP contribution in [0.1, 0.15) is 47.5 Å². The molecule has 1 rings (SSSR count). The van der Waals surface area contributed by atoms with Gasteiger partial charge in [-0.3, -0.25) is 0 Å². The van der Waals surface area contributed by atoms with Gasteiger partial charge in [0.15, 0.2) is 0 Å². The molecule has 17 heavy (non-hydrogen) atoms. The fraction of sp³-hybridized carbons (Fsp3) is 0.533. The number of hydrogen-bond acceptors (Lipinski definition) is 2. The van der Waals surface area contributed by atoms with Gasteiger partial charge in [0.1, 0.15) is 5.82 Å². The maximum atomic E-state index is 4.55. The molecule has 1 aliphatic rings. The average molecular weight is 232 g/mol. The summed E-state index contributed by atoms with van der Waals surface area (Å²) < 4.78 is 0. The lowest BCUT2D eigenvalue weighted by Gasteiger charge is -2.23. The van der Waals surface area contributed by atoms with Crippen molar-refractivity contribution in [1.82, 2.24) is 4.90 Å². The molecule has 0 fully saturated rings. The Kier molecular flexibility index (Phi) is 5.20. The molecule has 0 bridgehead atoms. The number of aliphatic imine (C=N–C) groups is 1. The van der Waals surface area contributed by atoms with Gasteiger partial charge in [0, 0.05) is 18.6 Å². The number of unbranched alkanes of at least 4 members (excludes halogenated alkanes) is 1. The highest BCUT2D eigenvalue weighted by molar-refractivity contribution is 5.81. The molecule has 94 valence electrons. The minimum Gasteiger partial charge on any atom is -0.309 e. The number of nitrogens with zero attached hydrogens (tertiary/aromatic N) is 2. The van der Waals surface area contributed by atoms with Gasteiger partial charge in [-0.05, 0) is 37.8 Å². The second-order valence-electron chi connectivity index (χ2n) is 5.01. The van der Waals surface area contributed by atoms with Crippen molar-refractivity contribution >= 4 is 6.21 Å². The Balaban J connectivity index is 2.96. The highest BCUT2D eigenvalue weighted by atomic mass is 15.2. The maximum absolute atomic E-state index is 4.55. The summed E-state index contributed by atoms with van der Waals surface area (Å²) in [5.41, 5.74) is 2.56. The summed E-state index contributed by atoms with van der Waals surface area (Å²) in [4.78, 5) is 6.69. The summed E-state index contributed by atoms with van der Waals surface area (Å²) in [5, 5.41) is 0. The van der Waals surface area contributed by atoms with Crippen LogP contribution in [-0.2, 0) is 0 Å². The number of hydrogen-bond donors (Lipinski definition) is 0. The van der Waals surface area contributed by atoms with Crippen LogP contribution in [0.5, 0.6) is 0 Å². The summed E-state index contributed by atoms with van der Waals surface area (Å²) in [6.45, 7) is 10.8. The zero-order chi connectivity index (χ0) is 12.8. The summed E-state index contributed by atoms with van der Waals surface area (Å²) in [5.74, 6) is 1.55. The molecular weight excluding hydrogens is 208 g/mol. The predicted molar refractivity (Wildman–Crippen MR) is 75.7 cm³/mol. The molecular formula is C15H24N2. The molecule has 0 aromatic heterocycles. The van der Waals surface area contributed by atoms with E-state index in [0.717, 1.165) is 18.7 Å². The van der Waals surface area contributed by atoms with Crippen LogP contribution >= 0.6 is 0 Å². The van der Waals surface area contributed by atoms with Crippen LogP contribution in [-0.4, -0.2) is 11.1 Å². The third kappa shape index (κ3) is 4.22. The van der Waals surface area contributed by atoms with E-state index in [0.29, 0.717) is 5.92 Å². The van der Waals surface area contributed by atoms with Gasteiger partial charge in [-0.2, -0.15) is 0 Å². The zero-order valence-electron chi connectivity index (χ0n) is 11.7. The first kappa shape index (κ1) is 13.8. The normalized spacial score (nSPS) is 17.6. The van der Waals surface area contributed by atoms with Crippen LogP contribution in [0.15, 0.2) is 40.4 Å². The Bertz CT molecular complexity index is 366. The van der Waals surface area contributed by atoms with Crippen molar-refractivity contribution in [2.45, 2.75) is 47.5 Å². The van der Waals surface area contributed by atoms with E-state index in [1.807, 2.05) is 6.21 Å². The van der Waals surface area contributed by atoms with E-state index in [1.54, 1.807) is 0 Å². The molecule has 0 atom stereocenters. The van der Waals surface area contributed by atoms with Crippen molar-refractivity contribution in [3.63, 3.8) is 0 Å². The second-order valence-corrected chi connectivity index (χ2v) is 5.01. The molecule has 1 heterocycles. The van der Waals surface area contributed by atoms with E-state index >= 15 is 0 Å². The Labute approximate surface area is 105 Å². The average Bonchev–Trinajstić information content (AvgIpc) is 2.26. The van der Waals surface area contributed by atoms with Crippen molar-refractivity contribution in [2.24, 2.45) is 10.9 Å². The fourth-order valence-electron chi connectivity index (χ4n) is 1.58. The largest absolute Gasteiger partial charge is 0.309 e. The first-order valence-corrected chi connectivity index (χ1v) is 6.44. The second kappa shape index (κ2) is 6.43. The summed E-state index contributed by atoms with van der Waals surface area (Å²) in [6.07, 6.45) is 10.7. The Morgan fingerprint density at radius 3 is 2.65 bits per heavy atom. The summed E-state index contributed by atoms with van der Waals surface area (Å²) in [7, 11) is 0. The molecule has 0 unspecified atom stereocenters. The van der Waals surface area contributed by atoms with Crippen molar-refractivity contribution in [3.8, 4) is 0 Å². The quantitative estimate of drug-likeness (QED) is 0.698. The van der Waals surface area contributed by atoms with E-state index in [9.17, 15) is 0 Å². The molecule has 0 N–H and O–H groups in total. The van der Waals surface area contributed by atoms with Gasteiger partial charge < -0.3 is 4.90 Å². The van der Waals surface area contributed by atoms with Crippen LogP contribution in [0.4, 0.5) is 0 Å². The Hall–Kier alpha value is -1.31. The van der Waals surface area contributed by atoms with Gasteiger partial charge in [0.25, 0.3) is 0 Å². The van der Waals surface area contributed by atoms with Crippen LogP contribution in [0.2, 0.25) is 0 Å². The summed E-state index contributed by atoms with van der Waals surface area (Å²) >= 11 is 0. The van der Waals surface area contributed by atoms with Crippen LogP contribution in [0.3, 0.4) is 0 Å². The third-order valence-electron chi connectivity index (χ3n) is 2.58. The van der Waals surface area contributed by atoms with Gasteiger partial charge in [-0.25, -0.2) is 4.99 Å². The molecule has 0 spiro atoms. The van der Waals surface area contributed by atoms with E-state index in [4.69, 9.17) is 0 Å². The summed E-state index contributed by atoms with van der Waals surface area (Å²) in [6, 6.07) is 0. The first-order chi connectivity index (χ1) is 8.04. The number of rotatable bonds is 4. The fourth-order valence-corrected chi connectivity index (χ4v) is 1.58. The molecule has 0 amide bonds. The molecule has 2 heteroatoms. The molecule has 0 aromatic rings. The highest BCUT2D eigenvalue weighted by Crippen LogP contribution is 2.20. The standard InChI is InChI=1S/C15H24N2/c1-6-7-8-15-16-9-14(13(4)5)11-17(15)10-12(2)3/h8-11,13H,6-7H2,1-5H3/b15-8+. The van der Waals surface area contributed by atoms with Gasteiger partial charge in [0.05, 0.1) is 0 Å². The van der Waals surface area contributed by atoms with E-state index in [1.165, 1.54) is 11.1 Å². The van der Waals surface area contributed by atoms with Crippen LogP contribution in [0.25, 0.3) is 0 Å². The van der Waals surface area contributed by atoms with E-state index in [2.05, 4.69) is 63.0 Å². The maximum Gasteiger partial charge on any atom is 0.132 e. The van der Waals surface area contributed by atoms with Crippen molar-refractivity contribution in [1.29, 1.82) is 0 Å². The van der Waals surface area contributed by atoms with Gasteiger partial charge in [-0.1, -0.05) is 32.8 Å². The molecule has 0 aromatic carbocycles. The molecule has 0 saturated carbocycles. The zero-order valence-corrected chi connectivity index (χ0v) is 11.7. The van der Waals surface area contributed by atoms with Crippen molar-refractivity contribution in [3.05, 3.63) is 35.4 Å². The predicted octanol–water partition coefficient (Wildman–Crippen LogP) is 4.48. The monoisotopic (exact) mass is 232 g/mol. The molecule has 1 aliphatic heterocycles. The van der Waals surface area contributed by atoms with Gasteiger partial charge >= 0.3 is 0 Å². The van der Waals surface area contributed by atoms with Crippen LogP contribution < -0.4 is 0 Å². The topological polar surface area (TPSA) is 15.6 Å². The first-order valence-electron chi connectivity index (χ1n) is 6.44. The van der Waals surface area contributed by atoms with Gasteiger partial charge in [-0.15, -0.1) is 0 Å². The lowest BCUT2D eigenvalue weighted by molar-refractivity contribution is 0.586. The Morgan fingerprint density at radius 2 is 2.12 bits per heavy atom. The molecule has 0 radical (unpaired) electrons. The lowest BCUT2D eigenvalue weighted by Crippen LogP contribution is -2.16. The molecule has 0 aliphatic carbocycles. The highest BCUT2D eigenvalue weighted by Gasteiger charge is 2.11. The van der Waals surface area contributed by atoms with Crippen molar-refractivity contribution < 1.29 is 0 Å². The molecule has 0 saturated heterocycles. The smallest absolute Gasteiger partial charge is 0.132 e. The number of allylic oxidation sites excluding steroid dienone is 3. The Morgan fingerprint density at radius 1 is 1.41 bits per heavy atom. The molecule has 2 nitrogen and oxygen atoms in total. The van der Waals surface area contributed by atoms with Gasteiger partial charge in [0.2, 0.25) is 0 Å².